The number of nitrogens with zero attached hydrogens (tertiary/aromatic N) is 2. The zero-order valence-electron chi connectivity index (χ0n) is 11.4. The van der Waals surface area contributed by atoms with Gasteiger partial charge in [0, 0.05) is 35.7 Å². The number of pyridine rings is 2. The highest BCUT2D eigenvalue weighted by Crippen LogP contribution is 2.30. The van der Waals surface area contributed by atoms with Crippen LogP contribution in [-0.4, -0.2) is 15.0 Å². The van der Waals surface area contributed by atoms with Gasteiger partial charge >= 0.3 is 0 Å². The maximum atomic E-state index is 4.52. The Balaban J connectivity index is 2.22. The second-order valence-corrected chi connectivity index (χ2v) is 5.81. The standard InChI is InChI=1S/C16H17N3/c1-16(2,3)12-8-13-14(10-19-15(13)18-9-12)11-4-6-17-7-5-11/h4-10H,1-3H3,(H,18,19). The summed E-state index contributed by atoms with van der Waals surface area (Å²) in [5, 5.41) is 1.17. The molecule has 0 aromatic carbocycles. The minimum absolute atomic E-state index is 0.105. The van der Waals surface area contributed by atoms with Crippen molar-refractivity contribution in [3.63, 3.8) is 0 Å². The average Bonchev–Trinajstić information content (AvgIpc) is 2.81. The third-order valence-electron chi connectivity index (χ3n) is 3.39. The van der Waals surface area contributed by atoms with Crippen LogP contribution in [0.5, 0.6) is 0 Å². The number of nitrogens with one attached hydrogen (secondary N) is 1. The van der Waals surface area contributed by atoms with Gasteiger partial charge in [-0.1, -0.05) is 20.8 Å². The van der Waals surface area contributed by atoms with Gasteiger partial charge in [-0.25, -0.2) is 4.98 Å². The molecule has 3 aromatic heterocycles. The summed E-state index contributed by atoms with van der Waals surface area (Å²) in [6, 6.07) is 6.27. The first-order valence-corrected chi connectivity index (χ1v) is 6.44. The van der Waals surface area contributed by atoms with Crippen LogP contribution in [0.4, 0.5) is 0 Å². The zero-order chi connectivity index (χ0) is 13.5. The van der Waals surface area contributed by atoms with Crippen molar-refractivity contribution in [3.05, 3.63) is 48.5 Å². The molecule has 0 saturated heterocycles. The van der Waals surface area contributed by atoms with Gasteiger partial charge in [-0.3, -0.25) is 4.98 Å². The molecule has 0 unspecified atom stereocenters. The maximum absolute atomic E-state index is 4.52. The molecule has 96 valence electrons. The molecule has 3 heterocycles. The molecule has 0 aliphatic heterocycles. The van der Waals surface area contributed by atoms with Crippen molar-refractivity contribution in [1.82, 2.24) is 15.0 Å². The molecule has 0 bridgehead atoms. The quantitative estimate of drug-likeness (QED) is 0.712. The number of rotatable bonds is 1. The number of hydrogen-bond donors (Lipinski definition) is 1. The van der Waals surface area contributed by atoms with Crippen LogP contribution >= 0.6 is 0 Å². The summed E-state index contributed by atoms with van der Waals surface area (Å²) >= 11 is 0. The second-order valence-electron chi connectivity index (χ2n) is 5.81. The van der Waals surface area contributed by atoms with Crippen LogP contribution in [0.15, 0.2) is 43.0 Å². The molecule has 0 spiro atoms. The van der Waals surface area contributed by atoms with E-state index >= 15 is 0 Å². The van der Waals surface area contributed by atoms with Crippen LogP contribution < -0.4 is 0 Å². The maximum Gasteiger partial charge on any atom is 0.137 e. The molecule has 3 heteroatoms. The lowest BCUT2D eigenvalue weighted by atomic mass is 9.87. The summed E-state index contributed by atoms with van der Waals surface area (Å²) in [5.41, 5.74) is 4.62. The highest BCUT2D eigenvalue weighted by Gasteiger charge is 2.16. The number of hydrogen-bond acceptors (Lipinski definition) is 2. The summed E-state index contributed by atoms with van der Waals surface area (Å²) in [7, 11) is 0. The van der Waals surface area contributed by atoms with E-state index in [9.17, 15) is 0 Å². The molecule has 3 rings (SSSR count). The fourth-order valence-electron chi connectivity index (χ4n) is 2.18. The molecule has 0 amide bonds. The third kappa shape index (κ3) is 2.12. The van der Waals surface area contributed by atoms with E-state index in [2.05, 4.69) is 41.8 Å². The van der Waals surface area contributed by atoms with Crippen LogP contribution in [0.2, 0.25) is 0 Å². The molecule has 3 nitrogen and oxygen atoms in total. The SMILES string of the molecule is CC(C)(C)c1cnc2[nH]cc(-c3ccncc3)c2c1. The predicted octanol–water partition coefficient (Wildman–Crippen LogP) is 3.92. The van der Waals surface area contributed by atoms with Crippen LogP contribution in [0.25, 0.3) is 22.2 Å². The average molecular weight is 251 g/mol. The summed E-state index contributed by atoms with van der Waals surface area (Å²) in [6.45, 7) is 6.61. The van der Waals surface area contributed by atoms with E-state index in [4.69, 9.17) is 0 Å². The Morgan fingerprint density at radius 1 is 1.11 bits per heavy atom. The monoisotopic (exact) mass is 251 g/mol. The molecule has 0 saturated carbocycles. The number of H-pyrrole nitrogens is 1. The van der Waals surface area contributed by atoms with Crippen molar-refractivity contribution in [2.24, 2.45) is 0 Å². The van der Waals surface area contributed by atoms with Crippen molar-refractivity contribution >= 4 is 11.0 Å². The van der Waals surface area contributed by atoms with Gasteiger partial charge in [-0.05, 0) is 34.7 Å². The first-order chi connectivity index (χ1) is 9.05. The van der Waals surface area contributed by atoms with Gasteiger partial charge in [-0.15, -0.1) is 0 Å². The predicted molar refractivity (Wildman–Crippen MR) is 78.0 cm³/mol. The first-order valence-electron chi connectivity index (χ1n) is 6.44. The van der Waals surface area contributed by atoms with Gasteiger partial charge in [-0.2, -0.15) is 0 Å². The fourth-order valence-corrected chi connectivity index (χ4v) is 2.18. The third-order valence-corrected chi connectivity index (χ3v) is 3.39. The minimum atomic E-state index is 0.105. The van der Waals surface area contributed by atoms with E-state index in [0.717, 1.165) is 11.2 Å². The Morgan fingerprint density at radius 3 is 2.53 bits per heavy atom. The Hall–Kier alpha value is -2.16. The second kappa shape index (κ2) is 4.19. The van der Waals surface area contributed by atoms with Crippen LogP contribution in [0.1, 0.15) is 26.3 Å². The normalized spacial score (nSPS) is 11.9. The highest BCUT2D eigenvalue weighted by atomic mass is 14.8. The molecule has 0 atom stereocenters. The zero-order valence-corrected chi connectivity index (χ0v) is 11.4. The Labute approximate surface area is 112 Å². The minimum Gasteiger partial charge on any atom is -0.346 e. The van der Waals surface area contributed by atoms with E-state index in [-0.39, 0.29) is 5.41 Å². The van der Waals surface area contributed by atoms with E-state index in [1.54, 1.807) is 0 Å². The molecule has 3 aromatic rings. The number of aromatic nitrogens is 3. The molecular formula is C16H17N3. The molecule has 0 aliphatic carbocycles. The summed E-state index contributed by atoms with van der Waals surface area (Å²) in [5.74, 6) is 0. The van der Waals surface area contributed by atoms with Gasteiger partial charge in [0.05, 0.1) is 0 Å². The highest BCUT2D eigenvalue weighted by molar-refractivity contribution is 5.93. The lowest BCUT2D eigenvalue weighted by molar-refractivity contribution is 0.588. The van der Waals surface area contributed by atoms with Crippen molar-refractivity contribution in [3.8, 4) is 11.1 Å². The summed E-state index contributed by atoms with van der Waals surface area (Å²) in [6.07, 6.45) is 7.60. The van der Waals surface area contributed by atoms with Gasteiger partial charge in [0.2, 0.25) is 0 Å². The number of aromatic amines is 1. The van der Waals surface area contributed by atoms with Gasteiger partial charge in [0.25, 0.3) is 0 Å². The van der Waals surface area contributed by atoms with Crippen molar-refractivity contribution in [2.75, 3.05) is 0 Å². The fraction of sp³-hybridized carbons (Fsp3) is 0.250. The molecule has 0 fully saturated rings. The van der Waals surface area contributed by atoms with E-state index in [1.165, 1.54) is 16.5 Å². The largest absolute Gasteiger partial charge is 0.346 e. The van der Waals surface area contributed by atoms with Gasteiger partial charge in [0.1, 0.15) is 5.65 Å². The van der Waals surface area contributed by atoms with Gasteiger partial charge in [0.15, 0.2) is 0 Å². The Morgan fingerprint density at radius 2 is 1.84 bits per heavy atom. The van der Waals surface area contributed by atoms with Gasteiger partial charge < -0.3 is 4.98 Å². The topological polar surface area (TPSA) is 41.6 Å². The van der Waals surface area contributed by atoms with Crippen molar-refractivity contribution in [1.29, 1.82) is 0 Å². The van der Waals surface area contributed by atoms with Crippen molar-refractivity contribution < 1.29 is 0 Å². The van der Waals surface area contributed by atoms with E-state index in [1.807, 2.05) is 36.9 Å². The molecular weight excluding hydrogens is 234 g/mol. The number of fused-ring (bicyclic) bond motifs is 1. The lowest BCUT2D eigenvalue weighted by Crippen LogP contribution is -2.11. The van der Waals surface area contributed by atoms with E-state index in [0.29, 0.717) is 0 Å². The Kier molecular flexibility index (Phi) is 2.63. The molecule has 0 radical (unpaired) electrons. The molecule has 19 heavy (non-hydrogen) atoms. The Bertz CT molecular complexity index is 706. The molecule has 1 N–H and O–H groups in total. The lowest BCUT2D eigenvalue weighted by Gasteiger charge is -2.18. The smallest absolute Gasteiger partial charge is 0.137 e. The van der Waals surface area contributed by atoms with Crippen LogP contribution in [0, 0.1) is 0 Å². The summed E-state index contributed by atoms with van der Waals surface area (Å²) in [4.78, 5) is 11.8. The summed E-state index contributed by atoms with van der Waals surface area (Å²) < 4.78 is 0. The first kappa shape index (κ1) is 11.9. The van der Waals surface area contributed by atoms with E-state index < -0.39 is 0 Å². The van der Waals surface area contributed by atoms with Crippen LogP contribution in [0.3, 0.4) is 0 Å². The van der Waals surface area contributed by atoms with Crippen LogP contribution in [-0.2, 0) is 5.41 Å². The molecule has 0 aliphatic rings. The van der Waals surface area contributed by atoms with Crippen molar-refractivity contribution in [2.45, 2.75) is 26.2 Å².